The summed E-state index contributed by atoms with van der Waals surface area (Å²) >= 11 is 0. The van der Waals surface area contributed by atoms with Crippen LogP contribution in [0, 0.1) is 0 Å². The van der Waals surface area contributed by atoms with E-state index in [1.165, 1.54) is 27.8 Å². The van der Waals surface area contributed by atoms with Crippen LogP contribution in [0.2, 0.25) is 0 Å². The van der Waals surface area contributed by atoms with Crippen LogP contribution in [0.4, 0.5) is 0 Å². The Balaban J connectivity index is 1.28. The highest BCUT2D eigenvalue weighted by atomic mass is 16.3. The van der Waals surface area contributed by atoms with Crippen molar-refractivity contribution < 1.29 is 4.42 Å². The van der Waals surface area contributed by atoms with Gasteiger partial charge in [-0.25, -0.2) is 9.97 Å². The van der Waals surface area contributed by atoms with Gasteiger partial charge >= 0.3 is 0 Å². The maximum absolute atomic E-state index is 7.10. The second-order valence-corrected chi connectivity index (χ2v) is 15.3. The van der Waals surface area contributed by atoms with Gasteiger partial charge in [0.05, 0.1) is 16.4 Å². The van der Waals surface area contributed by atoms with Crippen molar-refractivity contribution in [3.05, 3.63) is 210 Å². The number of benzene rings is 8. The zero-order valence-electron chi connectivity index (χ0n) is 31.5. The topological polar surface area (TPSA) is 69.6 Å². The molecule has 59 heavy (non-hydrogen) atoms. The molecule has 2 aliphatic carbocycles. The molecule has 0 aliphatic heterocycles. The number of oxazole rings is 1. The molecule has 2 aliphatic rings. The smallest absolute Gasteiger partial charge is 0.238 e. The van der Waals surface area contributed by atoms with Gasteiger partial charge < -0.3 is 4.42 Å². The highest BCUT2D eigenvalue weighted by Crippen LogP contribution is 2.66. The predicted octanol–water partition coefficient (Wildman–Crippen LogP) is 12.5. The lowest BCUT2D eigenvalue weighted by molar-refractivity contribution is 0.620. The molecule has 0 fully saturated rings. The van der Waals surface area contributed by atoms with Crippen molar-refractivity contribution in [2.24, 2.45) is 0 Å². The fourth-order valence-electron chi connectivity index (χ4n) is 10.00. The minimum atomic E-state index is -0.699. The van der Waals surface area contributed by atoms with E-state index in [9.17, 15) is 0 Å². The predicted molar refractivity (Wildman–Crippen MR) is 234 cm³/mol. The zero-order chi connectivity index (χ0) is 38.7. The highest BCUT2D eigenvalue weighted by molar-refractivity contribution is 6.26. The lowest BCUT2D eigenvalue weighted by Gasteiger charge is -2.31. The second-order valence-electron chi connectivity index (χ2n) is 15.3. The van der Waals surface area contributed by atoms with Crippen molar-refractivity contribution in [3.8, 4) is 62.4 Å². The van der Waals surface area contributed by atoms with Crippen molar-refractivity contribution >= 4 is 32.9 Å². The minimum absolute atomic E-state index is 0.530. The molecule has 6 nitrogen and oxygen atoms in total. The van der Waals surface area contributed by atoms with Gasteiger partial charge in [0.25, 0.3) is 0 Å². The molecule has 0 bridgehead atoms. The molecular formula is C53H31N5O. The van der Waals surface area contributed by atoms with Crippen molar-refractivity contribution in [1.29, 1.82) is 0 Å². The van der Waals surface area contributed by atoms with Crippen LogP contribution in [-0.2, 0) is 5.41 Å². The monoisotopic (exact) mass is 753 g/mol. The fraction of sp³-hybridized carbons (Fsp3) is 0.0189. The van der Waals surface area contributed by atoms with Gasteiger partial charge in [-0.15, -0.1) is 0 Å². The van der Waals surface area contributed by atoms with Crippen LogP contribution in [0.3, 0.4) is 0 Å². The molecule has 13 rings (SSSR count). The maximum Gasteiger partial charge on any atom is 0.238 e. The van der Waals surface area contributed by atoms with Gasteiger partial charge in [0.2, 0.25) is 11.8 Å². The molecular weight excluding hydrogens is 723 g/mol. The Hall–Kier alpha value is -7.96. The Labute approximate surface area is 338 Å². The van der Waals surface area contributed by atoms with Crippen LogP contribution < -0.4 is 0 Å². The van der Waals surface area contributed by atoms with Gasteiger partial charge in [-0.2, -0.15) is 9.97 Å². The first-order chi connectivity index (χ1) is 29.3. The van der Waals surface area contributed by atoms with Crippen molar-refractivity contribution in [3.63, 3.8) is 0 Å². The van der Waals surface area contributed by atoms with Crippen LogP contribution in [0.1, 0.15) is 22.3 Å². The molecule has 6 heteroatoms. The van der Waals surface area contributed by atoms with Gasteiger partial charge in [-0.3, -0.25) is 4.57 Å². The lowest BCUT2D eigenvalue weighted by atomic mass is 9.70. The summed E-state index contributed by atoms with van der Waals surface area (Å²) in [5.41, 5.74) is 15.0. The molecule has 0 amide bonds. The summed E-state index contributed by atoms with van der Waals surface area (Å²) in [5, 5.41) is 2.04. The summed E-state index contributed by atoms with van der Waals surface area (Å²) in [4.78, 5) is 21.3. The van der Waals surface area contributed by atoms with Crippen LogP contribution in [0.15, 0.2) is 192 Å². The van der Waals surface area contributed by atoms with Crippen LogP contribution in [0.25, 0.3) is 95.3 Å². The van der Waals surface area contributed by atoms with Crippen LogP contribution in [-0.4, -0.2) is 24.5 Å². The molecule has 3 heterocycles. The standard InChI is InChI=1S/C53H31N5O/c1-4-18-32(19-5-1)49-55-50(33-20-6-2-7-21-33)57-52(56-49)58-42-31-17-13-27-38(42)44-46-48(59-51(54-46)34-22-8-3-9-23-34)43-37-26-12-16-30-41(37)53(45(43)47(44)58)39-28-14-10-24-35(39)36-25-11-15-29-40(36)53/h1-31H. The SMILES string of the molecule is c1ccc(-c2nc(-c3ccccc3)nc(-n3c4ccccc4c4c5nc(-c6ccccc6)oc5c5c(c43)C3(c4ccccc4-c4ccccc43)c3ccccc3-5)n2)cc1. The van der Waals surface area contributed by atoms with Crippen LogP contribution >= 0.6 is 0 Å². The molecule has 0 radical (unpaired) electrons. The van der Waals surface area contributed by atoms with E-state index in [4.69, 9.17) is 24.4 Å². The number of fused-ring (bicyclic) bond motifs is 17. The van der Waals surface area contributed by atoms with E-state index in [1.807, 2.05) is 54.6 Å². The third-order valence-corrected chi connectivity index (χ3v) is 12.3. The van der Waals surface area contributed by atoms with E-state index in [0.29, 0.717) is 23.5 Å². The average Bonchev–Trinajstić information content (AvgIpc) is 4.06. The van der Waals surface area contributed by atoms with Gasteiger partial charge in [-0.1, -0.05) is 170 Å². The molecule has 11 aromatic rings. The molecule has 0 atom stereocenters. The Kier molecular flexibility index (Phi) is 6.55. The number of rotatable bonds is 4. The molecule has 0 saturated carbocycles. The first kappa shape index (κ1) is 32.2. The van der Waals surface area contributed by atoms with Crippen LogP contribution in [0.5, 0.6) is 0 Å². The summed E-state index contributed by atoms with van der Waals surface area (Å²) in [5.74, 6) is 2.31. The molecule has 1 spiro atoms. The van der Waals surface area contributed by atoms with Gasteiger partial charge in [0.1, 0.15) is 5.52 Å². The number of hydrogen-bond donors (Lipinski definition) is 0. The van der Waals surface area contributed by atoms with E-state index in [0.717, 1.165) is 66.3 Å². The molecule has 274 valence electrons. The molecule has 8 aromatic carbocycles. The summed E-state index contributed by atoms with van der Waals surface area (Å²) in [6.07, 6.45) is 0. The maximum atomic E-state index is 7.10. The van der Waals surface area contributed by atoms with E-state index in [1.54, 1.807) is 0 Å². The number of nitrogens with zero attached hydrogens (tertiary/aromatic N) is 5. The van der Waals surface area contributed by atoms with Gasteiger partial charge in [-0.05, 0) is 51.6 Å². The summed E-state index contributed by atoms with van der Waals surface area (Å²) < 4.78 is 9.37. The minimum Gasteiger partial charge on any atom is -0.435 e. The van der Waals surface area contributed by atoms with E-state index >= 15 is 0 Å². The first-order valence-electron chi connectivity index (χ1n) is 19.9. The Morgan fingerprint density at radius 2 is 0.932 bits per heavy atom. The Morgan fingerprint density at radius 3 is 1.54 bits per heavy atom. The Bertz CT molecular complexity index is 3390. The molecule has 3 aromatic heterocycles. The fourth-order valence-corrected chi connectivity index (χ4v) is 10.00. The average molecular weight is 754 g/mol. The third kappa shape index (κ3) is 4.29. The molecule has 0 N–H and O–H groups in total. The number of hydrogen-bond acceptors (Lipinski definition) is 5. The largest absolute Gasteiger partial charge is 0.435 e. The zero-order valence-corrected chi connectivity index (χ0v) is 31.5. The van der Waals surface area contributed by atoms with E-state index in [2.05, 4.69) is 138 Å². The molecule has 0 unspecified atom stereocenters. The number of aromatic nitrogens is 5. The lowest BCUT2D eigenvalue weighted by Crippen LogP contribution is -2.26. The van der Waals surface area contributed by atoms with Gasteiger partial charge in [0.15, 0.2) is 17.2 Å². The highest BCUT2D eigenvalue weighted by Gasteiger charge is 2.54. The van der Waals surface area contributed by atoms with Crippen molar-refractivity contribution in [2.75, 3.05) is 0 Å². The van der Waals surface area contributed by atoms with Crippen molar-refractivity contribution in [2.45, 2.75) is 5.41 Å². The van der Waals surface area contributed by atoms with Gasteiger partial charge in [0, 0.05) is 38.6 Å². The van der Waals surface area contributed by atoms with E-state index < -0.39 is 5.41 Å². The third-order valence-electron chi connectivity index (χ3n) is 12.3. The second kappa shape index (κ2) is 12.0. The van der Waals surface area contributed by atoms with Crippen molar-refractivity contribution in [1.82, 2.24) is 24.5 Å². The van der Waals surface area contributed by atoms with E-state index in [-0.39, 0.29) is 0 Å². The summed E-state index contributed by atoms with van der Waals surface area (Å²) in [6, 6.07) is 65.8. The summed E-state index contributed by atoms with van der Waals surface area (Å²) in [6.45, 7) is 0. The molecule has 0 saturated heterocycles. The summed E-state index contributed by atoms with van der Waals surface area (Å²) in [7, 11) is 0. The normalized spacial score (nSPS) is 13.2. The quantitative estimate of drug-likeness (QED) is 0.179. The number of para-hydroxylation sites is 1. The first-order valence-corrected chi connectivity index (χ1v) is 19.9. The Morgan fingerprint density at radius 1 is 0.441 bits per heavy atom.